The first-order chi connectivity index (χ1) is 10.3. The summed E-state index contributed by atoms with van der Waals surface area (Å²) < 4.78 is 1.88. The molecule has 1 atom stereocenters. The van der Waals surface area contributed by atoms with E-state index in [0.717, 1.165) is 18.9 Å². The van der Waals surface area contributed by atoms with Gasteiger partial charge in [0, 0.05) is 18.8 Å². The van der Waals surface area contributed by atoms with Crippen molar-refractivity contribution in [1.29, 1.82) is 0 Å². The summed E-state index contributed by atoms with van der Waals surface area (Å²) in [6.07, 6.45) is 9.31. The molecule has 1 aromatic heterocycles. The van der Waals surface area contributed by atoms with Crippen molar-refractivity contribution in [2.24, 2.45) is 7.05 Å². The number of rotatable bonds is 6. The van der Waals surface area contributed by atoms with Crippen LogP contribution in [0.5, 0.6) is 0 Å². The highest BCUT2D eigenvalue weighted by Crippen LogP contribution is 2.37. The standard InChI is InChI=1S/C18H25N3/c1-3-10-19-18(17-12-20-21(2)13-17)16-9-5-8-15(11-16)14-6-4-7-14/h5,8-9,11-14,18-19H,3-4,6-7,10H2,1-2H3. The second-order valence-corrected chi connectivity index (χ2v) is 6.13. The van der Waals surface area contributed by atoms with E-state index in [-0.39, 0.29) is 6.04 Å². The molecule has 0 spiro atoms. The average Bonchev–Trinajstić information content (AvgIpc) is 2.84. The van der Waals surface area contributed by atoms with Crippen LogP contribution in [0.3, 0.4) is 0 Å². The van der Waals surface area contributed by atoms with Gasteiger partial charge in [-0.2, -0.15) is 5.10 Å². The normalized spacial score (nSPS) is 16.7. The molecule has 1 heterocycles. The van der Waals surface area contributed by atoms with Gasteiger partial charge in [0.05, 0.1) is 12.2 Å². The van der Waals surface area contributed by atoms with Crippen molar-refractivity contribution in [1.82, 2.24) is 15.1 Å². The van der Waals surface area contributed by atoms with E-state index < -0.39 is 0 Å². The molecule has 1 aliphatic rings. The lowest BCUT2D eigenvalue weighted by atomic mass is 9.79. The van der Waals surface area contributed by atoms with Gasteiger partial charge in [0.15, 0.2) is 0 Å². The maximum atomic E-state index is 4.33. The lowest BCUT2D eigenvalue weighted by molar-refractivity contribution is 0.419. The molecule has 0 aliphatic heterocycles. The number of hydrogen-bond acceptors (Lipinski definition) is 2. The molecule has 0 bridgehead atoms. The lowest BCUT2D eigenvalue weighted by Crippen LogP contribution is -2.23. The Balaban J connectivity index is 1.88. The highest BCUT2D eigenvalue weighted by molar-refractivity contribution is 5.34. The summed E-state index contributed by atoms with van der Waals surface area (Å²) in [5.41, 5.74) is 4.11. The minimum absolute atomic E-state index is 0.249. The maximum Gasteiger partial charge on any atom is 0.0608 e. The molecule has 1 aromatic carbocycles. The summed E-state index contributed by atoms with van der Waals surface area (Å²) in [7, 11) is 1.98. The van der Waals surface area contributed by atoms with Gasteiger partial charge >= 0.3 is 0 Å². The van der Waals surface area contributed by atoms with Crippen LogP contribution in [0.15, 0.2) is 36.7 Å². The van der Waals surface area contributed by atoms with Crippen LogP contribution < -0.4 is 5.32 Å². The Morgan fingerprint density at radius 2 is 2.19 bits per heavy atom. The van der Waals surface area contributed by atoms with Gasteiger partial charge in [0.1, 0.15) is 0 Å². The lowest BCUT2D eigenvalue weighted by Gasteiger charge is -2.27. The third-order valence-electron chi connectivity index (χ3n) is 4.48. The van der Waals surface area contributed by atoms with Crippen LogP contribution in [0, 0.1) is 0 Å². The zero-order valence-corrected chi connectivity index (χ0v) is 13.0. The van der Waals surface area contributed by atoms with E-state index >= 15 is 0 Å². The second kappa shape index (κ2) is 6.44. The van der Waals surface area contributed by atoms with Crippen molar-refractivity contribution in [2.45, 2.75) is 44.6 Å². The van der Waals surface area contributed by atoms with Crippen molar-refractivity contribution in [3.05, 3.63) is 53.3 Å². The molecule has 1 N–H and O–H groups in total. The first-order valence-electron chi connectivity index (χ1n) is 8.09. The van der Waals surface area contributed by atoms with Crippen LogP contribution in [0.4, 0.5) is 0 Å². The second-order valence-electron chi connectivity index (χ2n) is 6.13. The van der Waals surface area contributed by atoms with Gasteiger partial charge in [0.2, 0.25) is 0 Å². The largest absolute Gasteiger partial charge is 0.306 e. The predicted molar refractivity (Wildman–Crippen MR) is 86.4 cm³/mol. The summed E-state index contributed by atoms with van der Waals surface area (Å²) in [6, 6.07) is 9.37. The molecule has 0 radical (unpaired) electrons. The van der Waals surface area contributed by atoms with E-state index in [2.05, 4.69) is 47.8 Å². The minimum atomic E-state index is 0.249. The molecule has 0 saturated heterocycles. The minimum Gasteiger partial charge on any atom is -0.306 e. The Kier molecular flexibility index (Phi) is 4.39. The molecule has 3 nitrogen and oxygen atoms in total. The number of hydrogen-bond donors (Lipinski definition) is 1. The molecule has 3 heteroatoms. The molecule has 1 fully saturated rings. The zero-order valence-electron chi connectivity index (χ0n) is 13.0. The molecular formula is C18H25N3. The SMILES string of the molecule is CCCNC(c1cccc(C2CCC2)c1)c1cnn(C)c1. The molecule has 112 valence electrons. The zero-order chi connectivity index (χ0) is 14.7. The highest BCUT2D eigenvalue weighted by Gasteiger charge is 2.21. The van der Waals surface area contributed by atoms with E-state index in [4.69, 9.17) is 0 Å². The summed E-state index contributed by atoms with van der Waals surface area (Å²) in [5, 5.41) is 8.00. The highest BCUT2D eigenvalue weighted by atomic mass is 15.2. The molecule has 0 amide bonds. The monoisotopic (exact) mass is 283 g/mol. The summed E-state index contributed by atoms with van der Waals surface area (Å²) in [6.45, 7) is 3.23. The topological polar surface area (TPSA) is 29.9 Å². The Morgan fingerprint density at radius 1 is 1.33 bits per heavy atom. The summed E-state index contributed by atoms with van der Waals surface area (Å²) in [4.78, 5) is 0. The number of nitrogens with one attached hydrogen (secondary N) is 1. The van der Waals surface area contributed by atoms with Crippen molar-refractivity contribution in [2.75, 3.05) is 6.54 Å². The number of benzene rings is 1. The van der Waals surface area contributed by atoms with E-state index in [9.17, 15) is 0 Å². The fourth-order valence-electron chi connectivity index (χ4n) is 3.04. The molecule has 2 aromatic rings. The number of nitrogens with zero attached hydrogens (tertiary/aromatic N) is 2. The smallest absolute Gasteiger partial charge is 0.0608 e. The molecule has 1 unspecified atom stereocenters. The van der Waals surface area contributed by atoms with Gasteiger partial charge in [-0.3, -0.25) is 4.68 Å². The van der Waals surface area contributed by atoms with Crippen LogP contribution in [-0.2, 0) is 7.05 Å². The molecule has 1 aliphatic carbocycles. The fourth-order valence-corrected chi connectivity index (χ4v) is 3.04. The van der Waals surface area contributed by atoms with E-state index in [1.807, 2.05) is 17.9 Å². The van der Waals surface area contributed by atoms with Gasteiger partial charge in [-0.05, 0) is 42.9 Å². The van der Waals surface area contributed by atoms with Crippen LogP contribution in [0.2, 0.25) is 0 Å². The van der Waals surface area contributed by atoms with E-state index in [0.29, 0.717) is 0 Å². The van der Waals surface area contributed by atoms with Crippen molar-refractivity contribution in [3.63, 3.8) is 0 Å². The Hall–Kier alpha value is -1.61. The Bertz CT molecular complexity index is 584. The average molecular weight is 283 g/mol. The van der Waals surface area contributed by atoms with Crippen LogP contribution in [0.25, 0.3) is 0 Å². The first kappa shape index (κ1) is 14.3. The third kappa shape index (κ3) is 3.18. The van der Waals surface area contributed by atoms with Gasteiger partial charge in [-0.25, -0.2) is 0 Å². The van der Waals surface area contributed by atoms with Gasteiger partial charge in [0.25, 0.3) is 0 Å². The quantitative estimate of drug-likeness (QED) is 0.874. The van der Waals surface area contributed by atoms with Crippen molar-refractivity contribution < 1.29 is 0 Å². The van der Waals surface area contributed by atoms with Gasteiger partial charge < -0.3 is 5.32 Å². The first-order valence-corrected chi connectivity index (χ1v) is 8.09. The van der Waals surface area contributed by atoms with E-state index in [1.165, 1.54) is 36.0 Å². The summed E-state index contributed by atoms with van der Waals surface area (Å²) >= 11 is 0. The number of aromatic nitrogens is 2. The third-order valence-corrected chi connectivity index (χ3v) is 4.48. The van der Waals surface area contributed by atoms with Gasteiger partial charge in [-0.1, -0.05) is 37.6 Å². The van der Waals surface area contributed by atoms with Crippen LogP contribution >= 0.6 is 0 Å². The van der Waals surface area contributed by atoms with E-state index in [1.54, 1.807) is 0 Å². The van der Waals surface area contributed by atoms with Crippen molar-refractivity contribution in [3.8, 4) is 0 Å². The summed E-state index contributed by atoms with van der Waals surface area (Å²) in [5.74, 6) is 0.783. The Morgan fingerprint density at radius 3 is 2.81 bits per heavy atom. The van der Waals surface area contributed by atoms with Gasteiger partial charge in [-0.15, -0.1) is 0 Å². The Labute approximate surface area is 127 Å². The molecule has 3 rings (SSSR count). The maximum absolute atomic E-state index is 4.33. The number of aryl methyl sites for hydroxylation is 1. The van der Waals surface area contributed by atoms with Crippen LogP contribution in [-0.4, -0.2) is 16.3 Å². The van der Waals surface area contributed by atoms with Crippen molar-refractivity contribution >= 4 is 0 Å². The fraction of sp³-hybridized carbons (Fsp3) is 0.500. The molecular weight excluding hydrogens is 258 g/mol. The molecule has 1 saturated carbocycles. The van der Waals surface area contributed by atoms with Crippen LogP contribution in [0.1, 0.15) is 61.3 Å². The predicted octanol–water partition coefficient (Wildman–Crippen LogP) is 3.78. The molecule has 21 heavy (non-hydrogen) atoms.